The van der Waals surface area contributed by atoms with Crippen molar-refractivity contribution in [2.24, 2.45) is 0 Å². The molecule has 0 aliphatic carbocycles. The average Bonchev–Trinajstić information content (AvgIpc) is 2.31. The fourth-order valence-corrected chi connectivity index (χ4v) is 1.68. The lowest BCUT2D eigenvalue weighted by molar-refractivity contribution is 0.0360. The Kier molecular flexibility index (Phi) is 5.13. The highest BCUT2D eigenvalue weighted by molar-refractivity contribution is 5.67. The highest BCUT2D eigenvalue weighted by Crippen LogP contribution is 2.14. The van der Waals surface area contributed by atoms with Crippen molar-refractivity contribution >= 4 is 6.09 Å². The van der Waals surface area contributed by atoms with E-state index in [4.69, 9.17) is 11.2 Å². The monoisotopic (exact) mass is 224 g/mol. The molecule has 0 bridgehead atoms. The molecule has 1 amide bonds. The molecule has 1 saturated heterocycles. The summed E-state index contributed by atoms with van der Waals surface area (Å²) in [5, 5.41) is 0. The van der Waals surface area contributed by atoms with E-state index >= 15 is 0 Å². The van der Waals surface area contributed by atoms with Gasteiger partial charge in [-0.3, -0.25) is 4.90 Å². The molecule has 1 rings (SSSR count). The van der Waals surface area contributed by atoms with E-state index in [0.29, 0.717) is 13.1 Å². The zero-order valence-corrected chi connectivity index (χ0v) is 10.1. The molecule has 1 aliphatic rings. The van der Waals surface area contributed by atoms with Crippen LogP contribution in [0.2, 0.25) is 0 Å². The fourth-order valence-electron chi connectivity index (χ4n) is 1.68. The summed E-state index contributed by atoms with van der Waals surface area (Å²) in [6.07, 6.45) is 6.84. The van der Waals surface area contributed by atoms with Gasteiger partial charge in [0.05, 0.1) is 6.54 Å². The number of likely N-dealkylation sites (tertiary alicyclic amines) is 1. The first kappa shape index (κ1) is 12.9. The number of hydrogen-bond donors (Lipinski definition) is 0. The summed E-state index contributed by atoms with van der Waals surface area (Å²) in [5.74, 6) is 2.63. The molecule has 0 saturated carbocycles. The van der Waals surface area contributed by atoms with E-state index in [-0.39, 0.29) is 12.2 Å². The highest BCUT2D eigenvalue weighted by Gasteiger charge is 2.22. The third kappa shape index (κ3) is 3.74. The van der Waals surface area contributed by atoms with Crippen molar-refractivity contribution in [3.8, 4) is 12.3 Å². The Morgan fingerprint density at radius 2 is 2.19 bits per heavy atom. The van der Waals surface area contributed by atoms with E-state index in [0.717, 1.165) is 25.9 Å². The number of hydrogen-bond acceptors (Lipinski definition) is 3. The largest absolute Gasteiger partial charge is 0.446 e. The molecule has 0 spiro atoms. The van der Waals surface area contributed by atoms with Crippen molar-refractivity contribution in [3.63, 3.8) is 0 Å². The summed E-state index contributed by atoms with van der Waals surface area (Å²) in [6.45, 7) is 5.12. The van der Waals surface area contributed by atoms with E-state index < -0.39 is 0 Å². The Hall–Kier alpha value is -1.21. The van der Waals surface area contributed by atoms with Crippen LogP contribution in [0.15, 0.2) is 0 Å². The van der Waals surface area contributed by atoms with Gasteiger partial charge in [0.1, 0.15) is 6.10 Å². The van der Waals surface area contributed by atoms with Crippen LogP contribution in [0, 0.1) is 12.3 Å². The van der Waals surface area contributed by atoms with Crippen LogP contribution in [0.25, 0.3) is 0 Å². The molecule has 0 aromatic carbocycles. The summed E-state index contributed by atoms with van der Waals surface area (Å²) in [5.41, 5.74) is 0. The number of rotatable bonds is 3. The van der Waals surface area contributed by atoms with Crippen LogP contribution in [0.3, 0.4) is 0 Å². The molecule has 1 fully saturated rings. The number of terminal acetylenes is 1. The Labute approximate surface area is 97.5 Å². The maximum atomic E-state index is 11.5. The summed E-state index contributed by atoms with van der Waals surface area (Å²) in [4.78, 5) is 15.3. The zero-order valence-electron chi connectivity index (χ0n) is 10.1. The molecular weight excluding hydrogens is 204 g/mol. The van der Waals surface area contributed by atoms with Gasteiger partial charge >= 0.3 is 6.09 Å². The molecule has 1 aliphatic heterocycles. The Bertz CT molecular complexity index is 265. The smallest absolute Gasteiger partial charge is 0.409 e. The topological polar surface area (TPSA) is 32.8 Å². The SMILES string of the molecule is C#CCN1CCC(OC(=O)N(C)CC)CC1. The third-order valence-electron chi connectivity index (χ3n) is 2.90. The minimum atomic E-state index is -0.224. The van der Waals surface area contributed by atoms with Crippen LogP contribution in [-0.4, -0.2) is 55.2 Å². The van der Waals surface area contributed by atoms with Gasteiger partial charge in [0.25, 0.3) is 0 Å². The summed E-state index contributed by atoms with van der Waals surface area (Å²) in [6, 6.07) is 0. The van der Waals surface area contributed by atoms with Crippen LogP contribution in [0.4, 0.5) is 4.79 Å². The molecular formula is C12H20N2O2. The third-order valence-corrected chi connectivity index (χ3v) is 2.90. The van der Waals surface area contributed by atoms with Crippen molar-refractivity contribution in [2.75, 3.05) is 33.2 Å². The predicted molar refractivity (Wildman–Crippen MR) is 63.1 cm³/mol. The number of ether oxygens (including phenoxy) is 1. The van der Waals surface area contributed by atoms with Gasteiger partial charge in [-0.15, -0.1) is 6.42 Å². The molecule has 90 valence electrons. The first-order valence-corrected chi connectivity index (χ1v) is 5.75. The zero-order chi connectivity index (χ0) is 12.0. The molecule has 0 aromatic heterocycles. The van der Waals surface area contributed by atoms with Gasteiger partial charge in [0.15, 0.2) is 0 Å². The van der Waals surface area contributed by atoms with E-state index in [1.165, 1.54) is 0 Å². The number of carbonyl (C=O) groups is 1. The summed E-state index contributed by atoms with van der Waals surface area (Å²) >= 11 is 0. The van der Waals surface area contributed by atoms with Crippen LogP contribution in [-0.2, 0) is 4.74 Å². The molecule has 4 heteroatoms. The second-order valence-corrected chi connectivity index (χ2v) is 4.08. The fraction of sp³-hybridized carbons (Fsp3) is 0.750. The Balaban J connectivity index is 2.27. The molecule has 4 nitrogen and oxygen atoms in total. The lowest BCUT2D eigenvalue weighted by Gasteiger charge is -2.31. The first-order chi connectivity index (χ1) is 7.67. The van der Waals surface area contributed by atoms with Gasteiger partial charge in [-0.2, -0.15) is 0 Å². The molecule has 0 N–H and O–H groups in total. The number of nitrogens with zero attached hydrogens (tertiary/aromatic N) is 2. The van der Waals surface area contributed by atoms with Crippen LogP contribution in [0.5, 0.6) is 0 Å². The van der Waals surface area contributed by atoms with Crippen LogP contribution < -0.4 is 0 Å². The van der Waals surface area contributed by atoms with Gasteiger partial charge in [0, 0.05) is 26.7 Å². The van der Waals surface area contributed by atoms with Crippen molar-refractivity contribution in [1.82, 2.24) is 9.80 Å². The lowest BCUT2D eigenvalue weighted by Crippen LogP contribution is -2.40. The first-order valence-electron chi connectivity index (χ1n) is 5.75. The van der Waals surface area contributed by atoms with Crippen molar-refractivity contribution in [3.05, 3.63) is 0 Å². The molecule has 0 atom stereocenters. The highest BCUT2D eigenvalue weighted by atomic mass is 16.6. The maximum Gasteiger partial charge on any atom is 0.409 e. The van der Waals surface area contributed by atoms with Crippen molar-refractivity contribution in [2.45, 2.75) is 25.9 Å². The van der Waals surface area contributed by atoms with Crippen LogP contribution in [0.1, 0.15) is 19.8 Å². The molecule has 0 unspecified atom stereocenters. The van der Waals surface area contributed by atoms with Gasteiger partial charge < -0.3 is 9.64 Å². The minimum absolute atomic E-state index is 0.0514. The van der Waals surface area contributed by atoms with Crippen molar-refractivity contribution in [1.29, 1.82) is 0 Å². The Morgan fingerprint density at radius 1 is 1.56 bits per heavy atom. The molecule has 1 heterocycles. The van der Waals surface area contributed by atoms with E-state index in [1.54, 1.807) is 11.9 Å². The minimum Gasteiger partial charge on any atom is -0.446 e. The average molecular weight is 224 g/mol. The molecule has 16 heavy (non-hydrogen) atoms. The molecule has 0 aromatic rings. The number of carbonyl (C=O) groups excluding carboxylic acids is 1. The molecule has 0 radical (unpaired) electrons. The van der Waals surface area contributed by atoms with E-state index in [2.05, 4.69) is 10.8 Å². The standard InChI is InChI=1S/C12H20N2O2/c1-4-8-14-9-6-11(7-10-14)16-12(15)13(3)5-2/h1,11H,5-10H2,2-3H3. The second kappa shape index (κ2) is 6.39. The number of amides is 1. The predicted octanol–water partition coefficient (Wildman–Crippen LogP) is 1.17. The lowest BCUT2D eigenvalue weighted by atomic mass is 10.1. The van der Waals surface area contributed by atoms with E-state index in [1.807, 2.05) is 6.92 Å². The maximum absolute atomic E-state index is 11.5. The normalized spacial score (nSPS) is 17.8. The summed E-state index contributed by atoms with van der Waals surface area (Å²) in [7, 11) is 1.75. The van der Waals surface area contributed by atoms with E-state index in [9.17, 15) is 4.79 Å². The van der Waals surface area contributed by atoms with Gasteiger partial charge in [0.2, 0.25) is 0 Å². The van der Waals surface area contributed by atoms with Gasteiger partial charge in [-0.1, -0.05) is 5.92 Å². The van der Waals surface area contributed by atoms with Gasteiger partial charge in [-0.05, 0) is 19.8 Å². The van der Waals surface area contributed by atoms with Crippen molar-refractivity contribution < 1.29 is 9.53 Å². The summed E-state index contributed by atoms with van der Waals surface area (Å²) < 4.78 is 5.38. The number of piperidine rings is 1. The quantitative estimate of drug-likeness (QED) is 0.675. The van der Waals surface area contributed by atoms with Crippen LogP contribution >= 0.6 is 0 Å². The Morgan fingerprint density at radius 3 is 2.69 bits per heavy atom. The second-order valence-electron chi connectivity index (χ2n) is 4.08. The van der Waals surface area contributed by atoms with Gasteiger partial charge in [-0.25, -0.2) is 4.79 Å².